The van der Waals surface area contributed by atoms with E-state index in [2.05, 4.69) is 5.32 Å². The number of hydrogen-bond donors (Lipinski definition) is 1. The molecular formula is C10H11FN2O2. The van der Waals surface area contributed by atoms with E-state index in [0.29, 0.717) is 5.56 Å². The molecule has 0 aliphatic carbocycles. The minimum Gasteiger partial charge on any atom is -0.310 e. The number of halogens is 1. The second-order valence-corrected chi connectivity index (χ2v) is 3.61. The van der Waals surface area contributed by atoms with Crippen LogP contribution in [-0.4, -0.2) is 11.5 Å². The first-order chi connectivity index (χ1) is 7.18. The van der Waals surface area contributed by atoms with Gasteiger partial charge in [0, 0.05) is 23.7 Å². The Hall–Kier alpha value is -1.49. The summed E-state index contributed by atoms with van der Waals surface area (Å²) in [6, 6.07) is 3.59. The molecule has 15 heavy (non-hydrogen) atoms. The minimum absolute atomic E-state index is 0.0555. The molecule has 1 aromatic rings. The van der Waals surface area contributed by atoms with Crippen LogP contribution in [0.3, 0.4) is 0 Å². The summed E-state index contributed by atoms with van der Waals surface area (Å²) in [6.07, 6.45) is 1.81. The van der Waals surface area contributed by atoms with Gasteiger partial charge in [-0.2, -0.15) is 0 Å². The highest BCUT2D eigenvalue weighted by Crippen LogP contribution is 2.28. The zero-order valence-corrected chi connectivity index (χ0v) is 8.07. The highest BCUT2D eigenvalue weighted by atomic mass is 19.1. The van der Waals surface area contributed by atoms with Crippen LogP contribution in [0.5, 0.6) is 0 Å². The van der Waals surface area contributed by atoms with Gasteiger partial charge in [0.2, 0.25) is 0 Å². The summed E-state index contributed by atoms with van der Waals surface area (Å²) >= 11 is 0. The van der Waals surface area contributed by atoms with Crippen molar-refractivity contribution in [2.45, 2.75) is 18.9 Å². The van der Waals surface area contributed by atoms with E-state index in [1.54, 1.807) is 0 Å². The standard InChI is InChI=1S/C10H11FN2O2/c11-9-4-3-7(13(14)15)6-8(9)10-2-1-5-12-10/h3-4,6,10,12H,1-2,5H2. The lowest BCUT2D eigenvalue weighted by atomic mass is 10.0. The van der Waals surface area contributed by atoms with E-state index in [4.69, 9.17) is 0 Å². The first-order valence-corrected chi connectivity index (χ1v) is 4.85. The molecule has 1 unspecified atom stereocenters. The Morgan fingerprint density at radius 1 is 1.53 bits per heavy atom. The van der Waals surface area contributed by atoms with Crippen LogP contribution < -0.4 is 5.32 Å². The Morgan fingerprint density at radius 2 is 2.33 bits per heavy atom. The van der Waals surface area contributed by atoms with Crippen LogP contribution in [0.4, 0.5) is 10.1 Å². The molecule has 2 rings (SSSR count). The Morgan fingerprint density at radius 3 is 2.93 bits per heavy atom. The highest BCUT2D eigenvalue weighted by molar-refractivity contribution is 5.37. The third-order valence-electron chi connectivity index (χ3n) is 2.63. The molecule has 1 aliphatic heterocycles. The van der Waals surface area contributed by atoms with Crippen molar-refractivity contribution >= 4 is 5.69 Å². The fraction of sp³-hybridized carbons (Fsp3) is 0.400. The first-order valence-electron chi connectivity index (χ1n) is 4.85. The fourth-order valence-electron chi connectivity index (χ4n) is 1.86. The van der Waals surface area contributed by atoms with Crippen molar-refractivity contribution in [2.75, 3.05) is 6.54 Å². The van der Waals surface area contributed by atoms with Crippen LogP contribution in [0.15, 0.2) is 18.2 Å². The van der Waals surface area contributed by atoms with Crippen molar-refractivity contribution in [3.63, 3.8) is 0 Å². The van der Waals surface area contributed by atoms with Gasteiger partial charge in [0.15, 0.2) is 0 Å². The highest BCUT2D eigenvalue weighted by Gasteiger charge is 2.21. The average molecular weight is 210 g/mol. The van der Waals surface area contributed by atoms with Gasteiger partial charge in [-0.3, -0.25) is 10.1 Å². The molecule has 5 heteroatoms. The quantitative estimate of drug-likeness (QED) is 0.601. The van der Waals surface area contributed by atoms with Crippen molar-refractivity contribution in [3.05, 3.63) is 39.7 Å². The zero-order chi connectivity index (χ0) is 10.8. The summed E-state index contributed by atoms with van der Waals surface area (Å²) in [5.41, 5.74) is 0.349. The van der Waals surface area contributed by atoms with Gasteiger partial charge in [-0.1, -0.05) is 0 Å². The second-order valence-electron chi connectivity index (χ2n) is 3.61. The molecule has 0 spiro atoms. The summed E-state index contributed by atoms with van der Waals surface area (Å²) in [5, 5.41) is 13.7. The lowest BCUT2D eigenvalue weighted by Crippen LogP contribution is -2.14. The van der Waals surface area contributed by atoms with E-state index < -0.39 is 4.92 Å². The van der Waals surface area contributed by atoms with Gasteiger partial charge in [0.25, 0.3) is 5.69 Å². The molecule has 1 aromatic carbocycles. The van der Waals surface area contributed by atoms with Crippen molar-refractivity contribution in [3.8, 4) is 0 Å². The van der Waals surface area contributed by atoms with E-state index in [-0.39, 0.29) is 17.5 Å². The summed E-state index contributed by atoms with van der Waals surface area (Å²) in [4.78, 5) is 10.0. The van der Waals surface area contributed by atoms with E-state index >= 15 is 0 Å². The van der Waals surface area contributed by atoms with Crippen LogP contribution in [0, 0.1) is 15.9 Å². The predicted octanol–water partition coefficient (Wildman–Crippen LogP) is 2.16. The lowest BCUT2D eigenvalue weighted by molar-refractivity contribution is -0.385. The third kappa shape index (κ3) is 1.97. The minimum atomic E-state index is -0.502. The number of nitro benzene ring substituents is 1. The molecule has 1 atom stereocenters. The van der Waals surface area contributed by atoms with Crippen molar-refractivity contribution in [1.82, 2.24) is 5.32 Å². The van der Waals surface area contributed by atoms with Gasteiger partial charge >= 0.3 is 0 Å². The molecule has 0 aromatic heterocycles. The molecule has 0 amide bonds. The van der Waals surface area contributed by atoms with Gasteiger partial charge in [0.05, 0.1) is 4.92 Å². The Balaban J connectivity index is 2.35. The molecule has 4 nitrogen and oxygen atoms in total. The molecule has 0 bridgehead atoms. The SMILES string of the molecule is O=[N+]([O-])c1ccc(F)c(C2CCCN2)c1. The Bertz CT molecular complexity index is 389. The number of benzene rings is 1. The second kappa shape index (κ2) is 3.94. The lowest BCUT2D eigenvalue weighted by Gasteiger charge is -2.10. The van der Waals surface area contributed by atoms with Crippen molar-refractivity contribution < 1.29 is 9.31 Å². The van der Waals surface area contributed by atoms with Crippen LogP contribution in [0.25, 0.3) is 0 Å². The van der Waals surface area contributed by atoms with Gasteiger partial charge in [-0.05, 0) is 25.5 Å². The van der Waals surface area contributed by atoms with Gasteiger partial charge in [0.1, 0.15) is 5.82 Å². The van der Waals surface area contributed by atoms with Crippen LogP contribution in [0.1, 0.15) is 24.4 Å². The van der Waals surface area contributed by atoms with Crippen molar-refractivity contribution in [2.24, 2.45) is 0 Å². The van der Waals surface area contributed by atoms with Crippen LogP contribution >= 0.6 is 0 Å². The van der Waals surface area contributed by atoms with E-state index in [1.165, 1.54) is 12.1 Å². The zero-order valence-electron chi connectivity index (χ0n) is 8.07. The Labute approximate surface area is 86.3 Å². The normalized spacial score (nSPS) is 20.5. The van der Waals surface area contributed by atoms with Crippen LogP contribution in [0.2, 0.25) is 0 Å². The van der Waals surface area contributed by atoms with E-state index in [9.17, 15) is 14.5 Å². The molecule has 0 saturated carbocycles. The topological polar surface area (TPSA) is 55.2 Å². The molecule has 1 aliphatic rings. The molecule has 1 heterocycles. The summed E-state index contributed by atoms with van der Waals surface area (Å²) in [6.45, 7) is 0.840. The van der Waals surface area contributed by atoms with Crippen molar-refractivity contribution in [1.29, 1.82) is 0 Å². The number of nitrogens with one attached hydrogen (secondary N) is 1. The smallest absolute Gasteiger partial charge is 0.269 e. The molecular weight excluding hydrogens is 199 g/mol. The number of nitrogens with zero attached hydrogens (tertiary/aromatic N) is 1. The third-order valence-corrected chi connectivity index (χ3v) is 2.63. The average Bonchev–Trinajstić information content (AvgIpc) is 2.71. The van der Waals surface area contributed by atoms with Crippen LogP contribution in [-0.2, 0) is 0 Å². The summed E-state index contributed by atoms with van der Waals surface area (Å²) < 4.78 is 13.4. The molecule has 80 valence electrons. The number of hydrogen-bond acceptors (Lipinski definition) is 3. The first kappa shape index (κ1) is 10.0. The predicted molar refractivity (Wildman–Crippen MR) is 53.0 cm³/mol. The summed E-state index contributed by atoms with van der Waals surface area (Å²) in [5.74, 6) is -0.375. The van der Waals surface area contributed by atoms with Gasteiger partial charge < -0.3 is 5.32 Å². The molecule has 1 fully saturated rings. The van der Waals surface area contributed by atoms with Gasteiger partial charge in [-0.15, -0.1) is 0 Å². The molecule has 1 saturated heterocycles. The number of nitro groups is 1. The Kier molecular flexibility index (Phi) is 2.64. The number of rotatable bonds is 2. The van der Waals surface area contributed by atoms with E-state index in [0.717, 1.165) is 25.5 Å². The molecule has 1 N–H and O–H groups in total. The maximum atomic E-state index is 13.4. The molecule has 0 radical (unpaired) electrons. The summed E-state index contributed by atoms with van der Waals surface area (Å²) in [7, 11) is 0. The largest absolute Gasteiger partial charge is 0.310 e. The maximum Gasteiger partial charge on any atom is 0.269 e. The maximum absolute atomic E-state index is 13.4. The van der Waals surface area contributed by atoms with Gasteiger partial charge in [-0.25, -0.2) is 4.39 Å². The van der Waals surface area contributed by atoms with E-state index in [1.807, 2.05) is 0 Å². The fourth-order valence-corrected chi connectivity index (χ4v) is 1.86. The monoisotopic (exact) mass is 210 g/mol. The number of non-ortho nitro benzene ring substituents is 1.